The monoisotopic (exact) mass is 311 g/mol. The zero-order valence-electron chi connectivity index (χ0n) is 16.0. The van der Waals surface area contributed by atoms with Crippen molar-refractivity contribution >= 4 is 11.3 Å². The van der Waals surface area contributed by atoms with Gasteiger partial charge in [-0.05, 0) is 37.5 Å². The zero-order valence-corrected chi connectivity index (χ0v) is 16.0. The molecule has 1 heterocycles. The lowest BCUT2D eigenvalue weighted by atomic mass is 9.88. The first-order valence-corrected chi connectivity index (χ1v) is 8.60. The Balaban J connectivity index is 0.000000868. The van der Waals surface area contributed by atoms with Gasteiger partial charge in [-0.25, -0.2) is 0 Å². The van der Waals surface area contributed by atoms with Crippen molar-refractivity contribution in [2.24, 2.45) is 0 Å². The molecule has 1 aliphatic rings. The summed E-state index contributed by atoms with van der Waals surface area (Å²) in [7, 11) is 0. The van der Waals surface area contributed by atoms with Crippen molar-refractivity contribution in [3.8, 4) is 0 Å². The fraction of sp³-hybridized carbons (Fsp3) is 0.364. The van der Waals surface area contributed by atoms with Gasteiger partial charge < -0.3 is 4.90 Å². The van der Waals surface area contributed by atoms with Crippen LogP contribution in [-0.4, -0.2) is 0 Å². The molecule has 1 aromatic carbocycles. The van der Waals surface area contributed by atoms with E-state index in [4.69, 9.17) is 0 Å². The molecule has 0 saturated heterocycles. The van der Waals surface area contributed by atoms with Crippen molar-refractivity contribution < 1.29 is 0 Å². The average Bonchev–Trinajstić information content (AvgIpc) is 2.55. The molecule has 0 amide bonds. The standard InChI is InChI=1S/C17H19N.C3H8.C2H6/c1-6-11-18-14(5)13(4)15(7-2)16-10-8-9-12(3)17(16)18;1-3-2;1-2/h6-11H,4-5H2,1-3H3;3H2,1-2H3;1-2H3/b11-6-,15-7+;;. The van der Waals surface area contributed by atoms with Crippen LogP contribution in [0.1, 0.15) is 59.1 Å². The Morgan fingerprint density at radius 3 is 2.13 bits per heavy atom. The quantitative estimate of drug-likeness (QED) is 0.527. The van der Waals surface area contributed by atoms with E-state index in [1.54, 1.807) is 0 Å². The number of allylic oxidation sites excluding steroid dienone is 3. The first-order valence-electron chi connectivity index (χ1n) is 8.60. The fourth-order valence-corrected chi connectivity index (χ4v) is 2.44. The second kappa shape index (κ2) is 10.7. The van der Waals surface area contributed by atoms with Crippen LogP contribution in [-0.2, 0) is 0 Å². The van der Waals surface area contributed by atoms with Crippen molar-refractivity contribution in [2.45, 2.75) is 54.9 Å². The Bertz CT molecular complexity index is 588. The molecule has 0 unspecified atom stereocenters. The molecular weight excluding hydrogens is 278 g/mol. The summed E-state index contributed by atoms with van der Waals surface area (Å²) in [6, 6.07) is 6.36. The summed E-state index contributed by atoms with van der Waals surface area (Å²) in [5.41, 5.74) is 6.81. The molecule has 0 fully saturated rings. The molecule has 0 bridgehead atoms. The van der Waals surface area contributed by atoms with Gasteiger partial charge >= 0.3 is 0 Å². The molecule has 0 radical (unpaired) electrons. The van der Waals surface area contributed by atoms with E-state index in [0.29, 0.717) is 0 Å². The van der Waals surface area contributed by atoms with Gasteiger partial charge in [0.1, 0.15) is 0 Å². The molecule has 1 aliphatic heterocycles. The van der Waals surface area contributed by atoms with Crippen molar-refractivity contribution in [3.63, 3.8) is 0 Å². The molecule has 0 aromatic heterocycles. The van der Waals surface area contributed by atoms with E-state index in [9.17, 15) is 0 Å². The molecule has 0 atom stereocenters. The van der Waals surface area contributed by atoms with Crippen LogP contribution in [0, 0.1) is 6.92 Å². The lowest BCUT2D eigenvalue weighted by Crippen LogP contribution is -2.23. The topological polar surface area (TPSA) is 3.24 Å². The third-order valence-corrected chi connectivity index (χ3v) is 3.32. The van der Waals surface area contributed by atoms with Gasteiger partial charge in [0.15, 0.2) is 0 Å². The highest BCUT2D eigenvalue weighted by molar-refractivity contribution is 5.95. The number of rotatable bonds is 1. The molecule has 126 valence electrons. The van der Waals surface area contributed by atoms with Gasteiger partial charge in [-0.3, -0.25) is 0 Å². The van der Waals surface area contributed by atoms with Gasteiger partial charge in [0.2, 0.25) is 0 Å². The Kier molecular flexibility index (Phi) is 9.73. The van der Waals surface area contributed by atoms with Crippen LogP contribution in [0.4, 0.5) is 5.69 Å². The number of hydrogen-bond acceptors (Lipinski definition) is 1. The summed E-state index contributed by atoms with van der Waals surface area (Å²) in [5, 5.41) is 0. The Labute approximate surface area is 143 Å². The van der Waals surface area contributed by atoms with Crippen molar-refractivity contribution in [2.75, 3.05) is 4.90 Å². The van der Waals surface area contributed by atoms with Crippen molar-refractivity contribution in [1.82, 2.24) is 0 Å². The van der Waals surface area contributed by atoms with Crippen LogP contribution in [0.25, 0.3) is 5.57 Å². The number of para-hydroxylation sites is 1. The number of fused-ring (bicyclic) bond motifs is 1. The van der Waals surface area contributed by atoms with Crippen molar-refractivity contribution in [3.05, 3.63) is 72.1 Å². The van der Waals surface area contributed by atoms with Gasteiger partial charge in [0.25, 0.3) is 0 Å². The summed E-state index contributed by atoms with van der Waals surface area (Å²) in [5.74, 6) is 0. The SMILES string of the molecule is C=C1C(=C)N(/C=C\C)c2c(C)cccc2/C1=C/C.CC.CCC. The maximum atomic E-state index is 4.17. The smallest absolute Gasteiger partial charge is 0.0563 e. The lowest BCUT2D eigenvalue weighted by Gasteiger charge is -2.34. The lowest BCUT2D eigenvalue weighted by molar-refractivity contribution is 1.09. The molecule has 1 nitrogen and oxygen atoms in total. The predicted molar refractivity (Wildman–Crippen MR) is 108 cm³/mol. The van der Waals surface area contributed by atoms with Crippen LogP contribution in [0.2, 0.25) is 0 Å². The molecule has 0 aliphatic carbocycles. The molecule has 2 rings (SSSR count). The highest BCUT2D eigenvalue weighted by Gasteiger charge is 2.25. The predicted octanol–water partition coefficient (Wildman–Crippen LogP) is 7.26. The second-order valence-electron chi connectivity index (χ2n) is 5.16. The van der Waals surface area contributed by atoms with Crippen LogP contribution in [0.5, 0.6) is 0 Å². The van der Waals surface area contributed by atoms with E-state index >= 15 is 0 Å². The number of benzene rings is 1. The number of nitrogens with zero attached hydrogens (tertiary/aromatic N) is 1. The molecule has 1 heteroatoms. The molecular formula is C22H33N. The highest BCUT2D eigenvalue weighted by Crippen LogP contribution is 2.43. The van der Waals surface area contributed by atoms with Gasteiger partial charge in [0.05, 0.1) is 5.69 Å². The van der Waals surface area contributed by atoms with E-state index in [0.717, 1.165) is 11.3 Å². The molecule has 0 spiro atoms. The number of anilines is 1. The van der Waals surface area contributed by atoms with E-state index in [2.05, 4.69) is 63.1 Å². The second-order valence-corrected chi connectivity index (χ2v) is 5.16. The van der Waals surface area contributed by atoms with Crippen LogP contribution >= 0.6 is 0 Å². The molecule has 0 N–H and O–H groups in total. The third-order valence-electron chi connectivity index (χ3n) is 3.32. The zero-order chi connectivity index (χ0) is 18.0. The maximum Gasteiger partial charge on any atom is 0.0563 e. The minimum atomic E-state index is 0.947. The largest absolute Gasteiger partial charge is 0.317 e. The van der Waals surface area contributed by atoms with E-state index in [1.165, 1.54) is 28.8 Å². The summed E-state index contributed by atoms with van der Waals surface area (Å²) < 4.78 is 0. The van der Waals surface area contributed by atoms with E-state index in [1.807, 2.05) is 40.0 Å². The Hall–Kier alpha value is -2.02. The Morgan fingerprint density at radius 1 is 1.09 bits per heavy atom. The summed E-state index contributed by atoms with van der Waals surface area (Å²) >= 11 is 0. The maximum absolute atomic E-state index is 4.17. The first kappa shape index (κ1) is 21.0. The van der Waals surface area contributed by atoms with Crippen LogP contribution in [0.15, 0.2) is 61.0 Å². The minimum absolute atomic E-state index is 0.947. The minimum Gasteiger partial charge on any atom is -0.317 e. The summed E-state index contributed by atoms with van der Waals surface area (Å²) in [4.78, 5) is 2.12. The first-order chi connectivity index (χ1) is 11.0. The molecule has 0 saturated carbocycles. The van der Waals surface area contributed by atoms with Gasteiger partial charge in [-0.1, -0.05) is 77.6 Å². The van der Waals surface area contributed by atoms with Crippen LogP contribution < -0.4 is 4.90 Å². The van der Waals surface area contributed by atoms with Gasteiger partial charge in [-0.15, -0.1) is 0 Å². The highest BCUT2D eigenvalue weighted by atomic mass is 15.1. The van der Waals surface area contributed by atoms with Crippen LogP contribution in [0.3, 0.4) is 0 Å². The number of hydrogen-bond donors (Lipinski definition) is 0. The van der Waals surface area contributed by atoms with E-state index in [-0.39, 0.29) is 0 Å². The normalized spacial score (nSPS) is 14.9. The van der Waals surface area contributed by atoms with Gasteiger partial charge in [-0.2, -0.15) is 0 Å². The summed E-state index contributed by atoms with van der Waals surface area (Å²) in [6.07, 6.45) is 7.43. The Morgan fingerprint density at radius 2 is 1.65 bits per heavy atom. The van der Waals surface area contributed by atoms with Gasteiger partial charge in [0, 0.05) is 17.5 Å². The third kappa shape index (κ3) is 4.72. The molecule has 23 heavy (non-hydrogen) atoms. The average molecular weight is 312 g/mol. The van der Waals surface area contributed by atoms with Crippen molar-refractivity contribution in [1.29, 1.82) is 0 Å². The summed E-state index contributed by atoms with van der Waals surface area (Å²) in [6.45, 7) is 22.8. The number of aryl methyl sites for hydroxylation is 1. The van der Waals surface area contributed by atoms with E-state index < -0.39 is 0 Å². The molecule has 1 aromatic rings. The fourth-order valence-electron chi connectivity index (χ4n) is 2.44.